The molecule has 2 aromatic heterocycles. The third kappa shape index (κ3) is 3.69. The third-order valence-corrected chi connectivity index (χ3v) is 5.64. The Balaban J connectivity index is 1.55. The van der Waals surface area contributed by atoms with E-state index in [4.69, 9.17) is 0 Å². The van der Waals surface area contributed by atoms with Crippen molar-refractivity contribution in [3.8, 4) is 0 Å². The average molecular weight is 395 g/mol. The number of hydrogen-bond acceptors (Lipinski definition) is 5. The van der Waals surface area contributed by atoms with Crippen LogP contribution in [0.15, 0.2) is 54.2 Å². The fourth-order valence-electron chi connectivity index (χ4n) is 3.37. The highest BCUT2D eigenvalue weighted by molar-refractivity contribution is 7.12. The van der Waals surface area contributed by atoms with Gasteiger partial charge in [-0.2, -0.15) is 0 Å². The predicted octanol–water partition coefficient (Wildman–Crippen LogP) is 2.52. The lowest BCUT2D eigenvalue weighted by Gasteiger charge is -2.35. The first-order valence-electron chi connectivity index (χ1n) is 9.07. The number of imidazole rings is 1. The first-order valence-corrected chi connectivity index (χ1v) is 9.95. The van der Waals surface area contributed by atoms with Gasteiger partial charge >= 0.3 is 0 Å². The van der Waals surface area contributed by atoms with Crippen LogP contribution in [-0.4, -0.2) is 45.9 Å². The van der Waals surface area contributed by atoms with Gasteiger partial charge in [-0.1, -0.05) is 12.1 Å². The van der Waals surface area contributed by atoms with Crippen LogP contribution >= 0.6 is 11.3 Å². The van der Waals surface area contributed by atoms with Gasteiger partial charge in [-0.25, -0.2) is 4.98 Å². The van der Waals surface area contributed by atoms with Crippen molar-refractivity contribution in [1.29, 1.82) is 0 Å². The second-order valence-corrected chi connectivity index (χ2v) is 7.57. The van der Waals surface area contributed by atoms with Crippen molar-refractivity contribution in [2.45, 2.75) is 6.04 Å². The highest BCUT2D eigenvalue weighted by atomic mass is 32.1. The van der Waals surface area contributed by atoms with Crippen LogP contribution in [0.2, 0.25) is 0 Å². The number of thiophene rings is 1. The van der Waals surface area contributed by atoms with E-state index in [-0.39, 0.29) is 17.9 Å². The Labute approximate surface area is 167 Å². The van der Waals surface area contributed by atoms with Crippen LogP contribution in [0, 0.1) is 0 Å². The first kappa shape index (κ1) is 18.4. The minimum Gasteiger partial charge on any atom is -0.336 e. The Hall–Kier alpha value is -2.97. The zero-order valence-electron chi connectivity index (χ0n) is 15.5. The Morgan fingerprint density at radius 3 is 2.93 bits per heavy atom. The van der Waals surface area contributed by atoms with Gasteiger partial charge < -0.3 is 20.1 Å². The lowest BCUT2D eigenvalue weighted by atomic mass is 10.1. The maximum Gasteiger partial charge on any atom is 0.265 e. The van der Waals surface area contributed by atoms with Crippen LogP contribution in [-0.2, 0) is 7.05 Å². The number of nitrogens with one attached hydrogen (secondary N) is 2. The zero-order valence-corrected chi connectivity index (χ0v) is 16.3. The Morgan fingerprint density at radius 2 is 2.18 bits per heavy atom. The van der Waals surface area contributed by atoms with E-state index < -0.39 is 0 Å². The molecule has 1 unspecified atom stereocenters. The SMILES string of the molecule is Cn1ccnc1C1CNCCN1C(=O)c1cccc(NC(=O)c2cccs2)c1. The molecule has 1 atom stereocenters. The molecule has 28 heavy (non-hydrogen) atoms. The van der Waals surface area contributed by atoms with E-state index in [9.17, 15) is 9.59 Å². The van der Waals surface area contributed by atoms with E-state index in [1.807, 2.05) is 34.2 Å². The molecule has 0 saturated carbocycles. The van der Waals surface area contributed by atoms with Gasteiger partial charge in [0.2, 0.25) is 0 Å². The summed E-state index contributed by atoms with van der Waals surface area (Å²) in [6.45, 7) is 2.00. The smallest absolute Gasteiger partial charge is 0.265 e. The molecule has 8 heteroatoms. The van der Waals surface area contributed by atoms with Gasteiger partial charge in [0, 0.05) is 50.3 Å². The van der Waals surface area contributed by atoms with Crippen LogP contribution in [0.4, 0.5) is 5.69 Å². The second kappa shape index (κ2) is 7.95. The van der Waals surface area contributed by atoms with Crippen molar-refractivity contribution >= 4 is 28.8 Å². The van der Waals surface area contributed by atoms with Crippen LogP contribution in [0.1, 0.15) is 31.9 Å². The van der Waals surface area contributed by atoms with Crippen LogP contribution < -0.4 is 10.6 Å². The summed E-state index contributed by atoms with van der Waals surface area (Å²) in [6, 6.07) is 10.6. The van der Waals surface area contributed by atoms with Crippen molar-refractivity contribution in [1.82, 2.24) is 19.8 Å². The Morgan fingerprint density at radius 1 is 1.29 bits per heavy atom. The quantitative estimate of drug-likeness (QED) is 0.712. The number of nitrogens with zero attached hydrogens (tertiary/aromatic N) is 3. The summed E-state index contributed by atoms with van der Waals surface area (Å²) in [5.41, 5.74) is 1.15. The predicted molar refractivity (Wildman–Crippen MR) is 109 cm³/mol. The Bertz CT molecular complexity index is 982. The maximum atomic E-state index is 13.2. The van der Waals surface area contributed by atoms with Crippen molar-refractivity contribution in [2.24, 2.45) is 7.05 Å². The number of benzene rings is 1. The minimum absolute atomic E-state index is 0.0678. The molecule has 1 aliphatic rings. The summed E-state index contributed by atoms with van der Waals surface area (Å²) < 4.78 is 1.94. The average Bonchev–Trinajstić information content (AvgIpc) is 3.39. The first-order chi connectivity index (χ1) is 13.6. The van der Waals surface area contributed by atoms with E-state index in [2.05, 4.69) is 15.6 Å². The molecule has 1 fully saturated rings. The summed E-state index contributed by atoms with van der Waals surface area (Å²) in [7, 11) is 1.93. The van der Waals surface area contributed by atoms with Gasteiger partial charge in [-0.15, -0.1) is 11.3 Å². The second-order valence-electron chi connectivity index (χ2n) is 6.63. The molecular weight excluding hydrogens is 374 g/mol. The van der Waals surface area contributed by atoms with Gasteiger partial charge in [0.25, 0.3) is 11.8 Å². The summed E-state index contributed by atoms with van der Waals surface area (Å²) in [6.07, 6.45) is 3.63. The number of carbonyl (C=O) groups excluding carboxylic acids is 2. The van der Waals surface area contributed by atoms with Crippen molar-refractivity contribution in [2.75, 3.05) is 25.0 Å². The molecule has 144 valence electrons. The number of anilines is 1. The van der Waals surface area contributed by atoms with E-state index in [1.165, 1.54) is 11.3 Å². The van der Waals surface area contributed by atoms with Gasteiger partial charge in [0.1, 0.15) is 11.9 Å². The molecule has 4 rings (SSSR count). The molecule has 2 amide bonds. The fraction of sp³-hybridized carbons (Fsp3) is 0.250. The van der Waals surface area contributed by atoms with Gasteiger partial charge in [0.05, 0.1) is 4.88 Å². The monoisotopic (exact) mass is 395 g/mol. The minimum atomic E-state index is -0.173. The number of carbonyl (C=O) groups is 2. The van der Waals surface area contributed by atoms with Gasteiger partial charge in [-0.05, 0) is 29.6 Å². The lowest BCUT2D eigenvalue weighted by molar-refractivity contribution is 0.0620. The largest absolute Gasteiger partial charge is 0.336 e. The van der Waals surface area contributed by atoms with Crippen LogP contribution in [0.3, 0.4) is 0 Å². The van der Waals surface area contributed by atoms with E-state index in [0.29, 0.717) is 29.2 Å². The zero-order chi connectivity index (χ0) is 19.5. The van der Waals surface area contributed by atoms with E-state index in [0.717, 1.165) is 12.4 Å². The summed E-state index contributed by atoms with van der Waals surface area (Å²) in [4.78, 5) is 32.4. The van der Waals surface area contributed by atoms with Crippen molar-refractivity contribution in [3.05, 3.63) is 70.4 Å². The number of piperazine rings is 1. The highest BCUT2D eigenvalue weighted by Crippen LogP contribution is 2.24. The molecule has 1 saturated heterocycles. The highest BCUT2D eigenvalue weighted by Gasteiger charge is 2.31. The van der Waals surface area contributed by atoms with Crippen molar-refractivity contribution in [3.63, 3.8) is 0 Å². The number of hydrogen-bond donors (Lipinski definition) is 2. The molecule has 0 radical (unpaired) electrons. The standard InChI is InChI=1S/C20H21N5O2S/c1-24-9-8-22-18(24)16-13-21-7-10-25(16)20(27)14-4-2-5-15(12-14)23-19(26)17-6-3-11-28-17/h2-6,8-9,11-12,16,21H,7,10,13H2,1H3,(H,23,26). The van der Waals surface area contributed by atoms with E-state index in [1.54, 1.807) is 36.5 Å². The fourth-order valence-corrected chi connectivity index (χ4v) is 3.99. The topological polar surface area (TPSA) is 79.3 Å². The molecule has 3 aromatic rings. The molecule has 2 N–H and O–H groups in total. The maximum absolute atomic E-state index is 13.2. The van der Waals surface area contributed by atoms with E-state index >= 15 is 0 Å². The molecule has 0 spiro atoms. The van der Waals surface area contributed by atoms with Crippen molar-refractivity contribution < 1.29 is 9.59 Å². The normalized spacial score (nSPS) is 16.8. The molecule has 0 bridgehead atoms. The molecule has 1 aliphatic heterocycles. The molecule has 7 nitrogen and oxygen atoms in total. The molecular formula is C20H21N5O2S. The summed E-state index contributed by atoms with van der Waals surface area (Å²) in [5, 5.41) is 8.06. The summed E-state index contributed by atoms with van der Waals surface area (Å²) >= 11 is 1.38. The number of rotatable bonds is 4. The summed E-state index contributed by atoms with van der Waals surface area (Å²) in [5.74, 6) is 0.608. The number of aromatic nitrogens is 2. The molecule has 0 aliphatic carbocycles. The molecule has 3 heterocycles. The third-order valence-electron chi connectivity index (χ3n) is 4.77. The lowest BCUT2D eigenvalue weighted by Crippen LogP contribution is -2.49. The number of aryl methyl sites for hydroxylation is 1. The molecule has 1 aromatic carbocycles. The Kier molecular flexibility index (Phi) is 5.23. The van der Waals surface area contributed by atoms with Gasteiger partial charge in [0.15, 0.2) is 0 Å². The van der Waals surface area contributed by atoms with Gasteiger partial charge in [-0.3, -0.25) is 9.59 Å². The van der Waals surface area contributed by atoms with Crippen LogP contribution in [0.5, 0.6) is 0 Å². The number of amides is 2. The van der Waals surface area contributed by atoms with Crippen LogP contribution in [0.25, 0.3) is 0 Å².